The normalized spacial score (nSPS) is 12.0. The zero-order valence-electron chi connectivity index (χ0n) is 7.20. The standard InChI is InChI=1S/C7H16Cl2SSi/c1-3-5-10-6-4-7-11(2,8)9/h3-7H2,1-2H3. The van der Waals surface area contributed by atoms with Crippen molar-refractivity contribution in [2.45, 2.75) is 32.4 Å². The van der Waals surface area contributed by atoms with Crippen LogP contribution in [0.1, 0.15) is 19.8 Å². The molecule has 0 nitrogen and oxygen atoms in total. The fourth-order valence-electron chi connectivity index (χ4n) is 0.731. The molecule has 0 aliphatic rings. The van der Waals surface area contributed by atoms with E-state index in [1.54, 1.807) is 0 Å². The van der Waals surface area contributed by atoms with Gasteiger partial charge in [0.15, 0.2) is 0 Å². The number of thioether (sulfide) groups is 1. The van der Waals surface area contributed by atoms with Gasteiger partial charge in [0.2, 0.25) is 6.69 Å². The summed E-state index contributed by atoms with van der Waals surface area (Å²) < 4.78 is 0. The van der Waals surface area contributed by atoms with Crippen molar-refractivity contribution in [3.8, 4) is 0 Å². The van der Waals surface area contributed by atoms with Crippen molar-refractivity contribution < 1.29 is 0 Å². The minimum absolute atomic E-state index is 1.03. The Kier molecular flexibility index (Phi) is 7.33. The summed E-state index contributed by atoms with van der Waals surface area (Å²) in [6.45, 7) is 2.40. The summed E-state index contributed by atoms with van der Waals surface area (Å²) in [5.41, 5.74) is 0. The van der Waals surface area contributed by atoms with E-state index in [2.05, 4.69) is 6.92 Å². The number of rotatable bonds is 6. The molecular formula is C7H16Cl2SSi. The lowest BCUT2D eigenvalue weighted by atomic mass is 10.6. The lowest BCUT2D eigenvalue weighted by molar-refractivity contribution is 1.06. The van der Waals surface area contributed by atoms with Gasteiger partial charge < -0.3 is 0 Å². The SMILES string of the molecule is CCCSCCC[Si](C)(Cl)Cl. The average molecular weight is 231 g/mol. The molecule has 0 heterocycles. The fraction of sp³-hybridized carbons (Fsp3) is 1.00. The van der Waals surface area contributed by atoms with Crippen LogP contribution in [0.25, 0.3) is 0 Å². The highest BCUT2D eigenvalue weighted by atomic mass is 35.7. The maximum atomic E-state index is 5.94. The molecular weight excluding hydrogens is 215 g/mol. The fourth-order valence-corrected chi connectivity index (χ4v) is 3.43. The Hall–Kier alpha value is 1.15. The van der Waals surface area contributed by atoms with Gasteiger partial charge in [-0.05, 0) is 36.9 Å². The van der Waals surface area contributed by atoms with Gasteiger partial charge in [0.05, 0.1) is 0 Å². The number of hydrogen-bond acceptors (Lipinski definition) is 1. The Morgan fingerprint density at radius 2 is 1.91 bits per heavy atom. The van der Waals surface area contributed by atoms with Gasteiger partial charge in [-0.15, -0.1) is 22.2 Å². The van der Waals surface area contributed by atoms with Gasteiger partial charge in [-0.2, -0.15) is 11.8 Å². The second-order valence-electron chi connectivity index (χ2n) is 2.79. The first-order valence-corrected chi connectivity index (χ1v) is 9.90. The molecule has 0 aliphatic carbocycles. The largest absolute Gasteiger partial charge is 0.248 e. The van der Waals surface area contributed by atoms with E-state index in [1.165, 1.54) is 24.3 Å². The summed E-state index contributed by atoms with van der Waals surface area (Å²) in [4.78, 5) is 0. The van der Waals surface area contributed by atoms with Gasteiger partial charge in [0.1, 0.15) is 0 Å². The maximum Gasteiger partial charge on any atom is 0.248 e. The highest BCUT2D eigenvalue weighted by Crippen LogP contribution is 2.22. The van der Waals surface area contributed by atoms with Crippen LogP contribution in [0, 0.1) is 0 Å². The van der Waals surface area contributed by atoms with Gasteiger partial charge in [-0.3, -0.25) is 0 Å². The lowest BCUT2D eigenvalue weighted by Gasteiger charge is -2.08. The summed E-state index contributed by atoms with van der Waals surface area (Å²) >= 11 is 13.9. The molecule has 0 N–H and O–H groups in total. The summed E-state index contributed by atoms with van der Waals surface area (Å²) in [7, 11) is 0. The predicted octanol–water partition coefficient (Wildman–Crippen LogP) is 4.07. The van der Waals surface area contributed by atoms with Crippen molar-refractivity contribution in [2.75, 3.05) is 11.5 Å². The quantitative estimate of drug-likeness (QED) is 0.377. The van der Waals surface area contributed by atoms with Crippen LogP contribution < -0.4 is 0 Å². The summed E-state index contributed by atoms with van der Waals surface area (Å²) in [6.07, 6.45) is 2.45. The van der Waals surface area contributed by atoms with E-state index in [0.717, 1.165) is 6.04 Å². The Morgan fingerprint density at radius 3 is 2.36 bits per heavy atom. The topological polar surface area (TPSA) is 0 Å². The molecule has 0 fully saturated rings. The maximum absolute atomic E-state index is 5.94. The van der Waals surface area contributed by atoms with Crippen molar-refractivity contribution in [1.82, 2.24) is 0 Å². The third kappa shape index (κ3) is 11.1. The van der Waals surface area contributed by atoms with Crippen LogP contribution in [0.4, 0.5) is 0 Å². The minimum atomic E-state index is -1.79. The van der Waals surface area contributed by atoms with Gasteiger partial charge in [-0.1, -0.05) is 6.92 Å². The molecule has 0 bridgehead atoms. The van der Waals surface area contributed by atoms with Crippen molar-refractivity contribution >= 4 is 40.6 Å². The van der Waals surface area contributed by atoms with E-state index < -0.39 is 6.69 Å². The van der Waals surface area contributed by atoms with Crippen molar-refractivity contribution in [3.63, 3.8) is 0 Å². The highest BCUT2D eigenvalue weighted by molar-refractivity contribution is 7.99. The zero-order chi connectivity index (χ0) is 8.74. The Bertz CT molecular complexity index is 92.9. The molecule has 0 saturated carbocycles. The molecule has 0 spiro atoms. The second kappa shape index (κ2) is 6.64. The molecule has 0 aromatic heterocycles. The minimum Gasteiger partial charge on any atom is -0.162 e. The summed E-state index contributed by atoms with van der Waals surface area (Å²) in [6, 6.07) is 1.03. The van der Waals surface area contributed by atoms with Crippen LogP contribution in [0.15, 0.2) is 0 Å². The third-order valence-electron chi connectivity index (χ3n) is 1.25. The molecule has 0 aliphatic heterocycles. The first kappa shape index (κ1) is 12.1. The van der Waals surface area contributed by atoms with E-state index in [9.17, 15) is 0 Å². The Balaban J connectivity index is 3.02. The van der Waals surface area contributed by atoms with Crippen molar-refractivity contribution in [3.05, 3.63) is 0 Å². The van der Waals surface area contributed by atoms with Gasteiger partial charge in [0, 0.05) is 0 Å². The number of halogens is 2. The monoisotopic (exact) mass is 230 g/mol. The molecule has 11 heavy (non-hydrogen) atoms. The molecule has 4 heteroatoms. The van der Waals surface area contributed by atoms with Crippen molar-refractivity contribution in [2.24, 2.45) is 0 Å². The van der Waals surface area contributed by atoms with Crippen LogP contribution in [-0.2, 0) is 0 Å². The van der Waals surface area contributed by atoms with Crippen LogP contribution in [0.2, 0.25) is 12.6 Å². The van der Waals surface area contributed by atoms with Crippen LogP contribution >= 0.6 is 33.9 Å². The first-order valence-electron chi connectivity index (χ1n) is 4.02. The second-order valence-corrected chi connectivity index (χ2v) is 12.2. The Morgan fingerprint density at radius 1 is 1.27 bits per heavy atom. The van der Waals surface area contributed by atoms with E-state index in [4.69, 9.17) is 22.2 Å². The molecule has 0 rings (SSSR count). The van der Waals surface area contributed by atoms with Crippen molar-refractivity contribution in [1.29, 1.82) is 0 Å². The van der Waals surface area contributed by atoms with Gasteiger partial charge in [-0.25, -0.2) is 0 Å². The highest BCUT2D eigenvalue weighted by Gasteiger charge is 2.19. The lowest BCUT2D eigenvalue weighted by Crippen LogP contribution is -2.11. The van der Waals surface area contributed by atoms with E-state index in [0.29, 0.717) is 0 Å². The summed E-state index contributed by atoms with van der Waals surface area (Å²) in [5, 5.41) is 0. The molecule has 0 saturated heterocycles. The van der Waals surface area contributed by atoms with Gasteiger partial charge >= 0.3 is 0 Å². The Labute approximate surface area is 84.5 Å². The zero-order valence-corrected chi connectivity index (χ0v) is 10.5. The average Bonchev–Trinajstić information content (AvgIpc) is 1.85. The van der Waals surface area contributed by atoms with Crippen LogP contribution in [0.3, 0.4) is 0 Å². The molecule has 0 aromatic rings. The summed E-state index contributed by atoms with van der Waals surface area (Å²) in [5.74, 6) is 2.48. The molecule has 0 unspecified atom stereocenters. The molecule has 68 valence electrons. The van der Waals surface area contributed by atoms with E-state index in [-0.39, 0.29) is 0 Å². The first-order chi connectivity index (χ1) is 5.06. The molecule has 0 radical (unpaired) electrons. The van der Waals surface area contributed by atoms with Gasteiger partial charge in [0.25, 0.3) is 0 Å². The van der Waals surface area contributed by atoms with E-state index >= 15 is 0 Å². The number of hydrogen-bond donors (Lipinski definition) is 0. The smallest absolute Gasteiger partial charge is 0.162 e. The van der Waals surface area contributed by atoms with Crippen LogP contribution in [0.5, 0.6) is 0 Å². The van der Waals surface area contributed by atoms with Crippen LogP contribution in [-0.4, -0.2) is 18.2 Å². The molecule has 0 amide bonds. The molecule has 0 atom stereocenters. The molecule has 0 aromatic carbocycles. The van der Waals surface area contributed by atoms with E-state index in [1.807, 2.05) is 18.3 Å². The predicted molar refractivity (Wildman–Crippen MR) is 60.4 cm³/mol. The third-order valence-corrected chi connectivity index (χ3v) is 4.89.